The molecule has 0 radical (unpaired) electrons. The second-order valence-electron chi connectivity index (χ2n) is 5.07. The molecule has 2 N–H and O–H groups in total. The van der Waals surface area contributed by atoms with E-state index in [-0.39, 0.29) is 0 Å². The van der Waals surface area contributed by atoms with E-state index in [1.165, 1.54) is 19.3 Å². The summed E-state index contributed by atoms with van der Waals surface area (Å²) in [5.74, 6) is 0.585. The first-order valence-corrected chi connectivity index (χ1v) is 5.75. The third kappa shape index (κ3) is 1.37. The summed E-state index contributed by atoms with van der Waals surface area (Å²) >= 11 is 0. The molecule has 2 heterocycles. The summed E-state index contributed by atoms with van der Waals surface area (Å²) in [6, 6.07) is 3.85. The number of anilines is 1. The number of fused-ring (bicyclic) bond motifs is 1. The van der Waals surface area contributed by atoms with E-state index in [0.717, 1.165) is 17.7 Å². The number of rotatable bonds is 2. The number of hydrogen-bond acceptors (Lipinski definition) is 3. The summed E-state index contributed by atoms with van der Waals surface area (Å²) in [6.07, 6.45) is 5.68. The molecule has 0 aromatic carbocycles. The largest absolute Gasteiger partial charge is 0.369 e. The monoisotopic (exact) mass is 216 g/mol. The van der Waals surface area contributed by atoms with Gasteiger partial charge in [0.05, 0.1) is 0 Å². The van der Waals surface area contributed by atoms with Crippen LogP contribution >= 0.6 is 0 Å². The maximum absolute atomic E-state index is 5.95. The zero-order valence-corrected chi connectivity index (χ0v) is 9.48. The minimum Gasteiger partial charge on any atom is -0.369 e. The Morgan fingerprint density at radius 2 is 2.31 bits per heavy atom. The van der Waals surface area contributed by atoms with Gasteiger partial charge in [-0.05, 0) is 30.4 Å². The van der Waals surface area contributed by atoms with Gasteiger partial charge in [0.15, 0.2) is 5.65 Å². The van der Waals surface area contributed by atoms with Gasteiger partial charge in [0.25, 0.3) is 0 Å². The number of aromatic nitrogens is 3. The zero-order chi connectivity index (χ0) is 11.2. The van der Waals surface area contributed by atoms with Gasteiger partial charge in [0.1, 0.15) is 5.52 Å². The van der Waals surface area contributed by atoms with Gasteiger partial charge in [-0.3, -0.25) is 4.57 Å². The lowest BCUT2D eigenvalue weighted by atomic mass is 9.70. The highest BCUT2D eigenvalue weighted by Gasteiger charge is 2.33. The molecule has 2 aromatic heterocycles. The Morgan fingerprint density at radius 1 is 1.50 bits per heavy atom. The molecular weight excluding hydrogens is 200 g/mol. The van der Waals surface area contributed by atoms with Crippen molar-refractivity contribution in [1.82, 2.24) is 14.5 Å². The lowest BCUT2D eigenvalue weighted by Gasteiger charge is -2.38. The minimum absolute atomic E-state index is 0.388. The van der Waals surface area contributed by atoms with Crippen molar-refractivity contribution in [1.29, 1.82) is 0 Å². The molecule has 3 rings (SSSR count). The summed E-state index contributed by atoms with van der Waals surface area (Å²) in [4.78, 5) is 8.70. The third-order valence-electron chi connectivity index (χ3n) is 3.63. The zero-order valence-electron chi connectivity index (χ0n) is 9.48. The quantitative estimate of drug-likeness (QED) is 0.837. The molecule has 1 fully saturated rings. The molecule has 16 heavy (non-hydrogen) atoms. The van der Waals surface area contributed by atoms with Crippen LogP contribution in [-0.2, 0) is 6.54 Å². The van der Waals surface area contributed by atoms with Crippen molar-refractivity contribution in [3.05, 3.63) is 18.3 Å². The van der Waals surface area contributed by atoms with Crippen LogP contribution in [0.4, 0.5) is 5.95 Å². The summed E-state index contributed by atoms with van der Waals surface area (Å²) < 4.78 is 2.05. The van der Waals surface area contributed by atoms with Crippen LogP contribution < -0.4 is 5.73 Å². The first-order valence-electron chi connectivity index (χ1n) is 5.75. The fourth-order valence-corrected chi connectivity index (χ4v) is 2.45. The molecule has 1 aliphatic carbocycles. The van der Waals surface area contributed by atoms with E-state index >= 15 is 0 Å². The van der Waals surface area contributed by atoms with Gasteiger partial charge in [-0.2, -0.15) is 0 Å². The predicted octanol–water partition coefficient (Wildman–Crippen LogP) is 2.20. The molecule has 84 valence electrons. The van der Waals surface area contributed by atoms with Crippen LogP contribution in [-0.4, -0.2) is 14.5 Å². The average Bonchev–Trinajstić information content (AvgIpc) is 2.53. The smallest absolute Gasteiger partial charge is 0.202 e. The van der Waals surface area contributed by atoms with Crippen LogP contribution in [0.3, 0.4) is 0 Å². The van der Waals surface area contributed by atoms with E-state index in [1.807, 2.05) is 12.1 Å². The van der Waals surface area contributed by atoms with E-state index in [0.29, 0.717) is 11.4 Å². The summed E-state index contributed by atoms with van der Waals surface area (Å²) in [5.41, 5.74) is 8.14. The van der Waals surface area contributed by atoms with E-state index < -0.39 is 0 Å². The molecule has 1 aliphatic rings. The molecule has 0 saturated heterocycles. The minimum atomic E-state index is 0.388. The van der Waals surface area contributed by atoms with Crippen LogP contribution in [0.2, 0.25) is 0 Å². The lowest BCUT2D eigenvalue weighted by Crippen LogP contribution is -2.31. The maximum atomic E-state index is 5.95. The Kier molecular flexibility index (Phi) is 1.93. The molecule has 2 aromatic rings. The van der Waals surface area contributed by atoms with Gasteiger partial charge >= 0.3 is 0 Å². The molecule has 0 atom stereocenters. The van der Waals surface area contributed by atoms with Gasteiger partial charge < -0.3 is 5.73 Å². The Labute approximate surface area is 94.5 Å². The Bertz CT molecular complexity index is 525. The van der Waals surface area contributed by atoms with Crippen molar-refractivity contribution < 1.29 is 0 Å². The molecule has 0 aliphatic heterocycles. The SMILES string of the molecule is CC1(Cn2c(N)nc3cccnc32)CCC1. The average molecular weight is 216 g/mol. The van der Waals surface area contributed by atoms with Crippen LogP contribution in [0.25, 0.3) is 11.2 Å². The van der Waals surface area contributed by atoms with E-state index in [4.69, 9.17) is 5.73 Å². The molecule has 0 amide bonds. The highest BCUT2D eigenvalue weighted by atomic mass is 15.2. The van der Waals surface area contributed by atoms with Crippen molar-refractivity contribution in [2.24, 2.45) is 5.41 Å². The topological polar surface area (TPSA) is 56.7 Å². The van der Waals surface area contributed by atoms with Gasteiger partial charge in [-0.25, -0.2) is 9.97 Å². The number of nitrogen functional groups attached to an aromatic ring is 1. The van der Waals surface area contributed by atoms with Crippen molar-refractivity contribution in [2.45, 2.75) is 32.7 Å². The van der Waals surface area contributed by atoms with Crippen molar-refractivity contribution >= 4 is 17.1 Å². The predicted molar refractivity (Wildman–Crippen MR) is 63.9 cm³/mol. The first-order chi connectivity index (χ1) is 7.68. The number of nitrogens with zero attached hydrogens (tertiary/aromatic N) is 3. The molecule has 4 nitrogen and oxygen atoms in total. The Morgan fingerprint density at radius 3 is 3.00 bits per heavy atom. The van der Waals surface area contributed by atoms with E-state index in [9.17, 15) is 0 Å². The van der Waals surface area contributed by atoms with E-state index in [2.05, 4.69) is 21.5 Å². The van der Waals surface area contributed by atoms with Gasteiger partial charge in [0, 0.05) is 12.7 Å². The highest BCUT2D eigenvalue weighted by Crippen LogP contribution is 2.42. The maximum Gasteiger partial charge on any atom is 0.202 e. The summed E-state index contributed by atoms with van der Waals surface area (Å²) in [7, 11) is 0. The van der Waals surface area contributed by atoms with Gasteiger partial charge in [-0.15, -0.1) is 0 Å². The highest BCUT2D eigenvalue weighted by molar-refractivity contribution is 5.73. The second kappa shape index (κ2) is 3.20. The summed E-state index contributed by atoms with van der Waals surface area (Å²) in [5, 5.41) is 0. The fourth-order valence-electron chi connectivity index (χ4n) is 2.45. The van der Waals surface area contributed by atoms with Crippen LogP contribution in [0, 0.1) is 5.41 Å². The first kappa shape index (κ1) is 9.63. The number of imidazole rings is 1. The molecule has 0 spiro atoms. The fraction of sp³-hybridized carbons (Fsp3) is 0.500. The Balaban J connectivity index is 2.05. The van der Waals surface area contributed by atoms with Crippen molar-refractivity contribution in [3.8, 4) is 0 Å². The normalized spacial score (nSPS) is 18.6. The van der Waals surface area contributed by atoms with Crippen molar-refractivity contribution in [3.63, 3.8) is 0 Å². The van der Waals surface area contributed by atoms with Crippen LogP contribution in [0.5, 0.6) is 0 Å². The third-order valence-corrected chi connectivity index (χ3v) is 3.63. The molecule has 1 saturated carbocycles. The van der Waals surface area contributed by atoms with E-state index in [1.54, 1.807) is 6.20 Å². The Hall–Kier alpha value is -1.58. The molecule has 0 unspecified atom stereocenters. The molecule has 0 bridgehead atoms. The molecular formula is C12H16N4. The number of hydrogen-bond donors (Lipinski definition) is 1. The van der Waals surface area contributed by atoms with Crippen LogP contribution in [0.15, 0.2) is 18.3 Å². The number of pyridine rings is 1. The standard InChI is InChI=1S/C12H16N4/c1-12(5-3-6-12)8-16-10-9(15-11(16)13)4-2-7-14-10/h2,4,7H,3,5-6,8H2,1H3,(H2,13,15). The summed E-state index contributed by atoms with van der Waals surface area (Å²) in [6.45, 7) is 3.25. The van der Waals surface area contributed by atoms with Crippen LogP contribution in [0.1, 0.15) is 26.2 Å². The van der Waals surface area contributed by atoms with Gasteiger partial charge in [0.2, 0.25) is 5.95 Å². The second-order valence-corrected chi connectivity index (χ2v) is 5.07. The number of nitrogens with two attached hydrogens (primary N) is 1. The van der Waals surface area contributed by atoms with Gasteiger partial charge in [-0.1, -0.05) is 13.3 Å². The lowest BCUT2D eigenvalue weighted by molar-refractivity contribution is 0.134. The molecule has 4 heteroatoms. The van der Waals surface area contributed by atoms with Crippen molar-refractivity contribution in [2.75, 3.05) is 5.73 Å².